The van der Waals surface area contributed by atoms with Crippen LogP contribution in [0, 0.1) is 12.3 Å². The van der Waals surface area contributed by atoms with Crippen LogP contribution in [0.1, 0.15) is 12.1 Å². The lowest BCUT2D eigenvalue weighted by Gasteiger charge is -2.27. The third-order valence-electron chi connectivity index (χ3n) is 2.32. The summed E-state index contributed by atoms with van der Waals surface area (Å²) in [6.45, 7) is 0. The second kappa shape index (κ2) is 4.58. The minimum Gasteiger partial charge on any atom is -0.368 e. The maximum atomic E-state index is 11.5. The van der Waals surface area contributed by atoms with E-state index >= 15 is 0 Å². The molecule has 0 aromatic carbocycles. The average Bonchev–Trinajstić information content (AvgIpc) is 2.26. The van der Waals surface area contributed by atoms with Gasteiger partial charge in [-0.2, -0.15) is 0 Å². The Morgan fingerprint density at radius 1 is 1.73 bits per heavy atom. The Balaban J connectivity index is 3.23. The van der Waals surface area contributed by atoms with Gasteiger partial charge in [-0.1, -0.05) is 6.07 Å². The molecule has 0 saturated heterocycles. The van der Waals surface area contributed by atoms with E-state index in [4.69, 9.17) is 12.2 Å². The van der Waals surface area contributed by atoms with Gasteiger partial charge in [0.1, 0.15) is 0 Å². The van der Waals surface area contributed by atoms with E-state index < -0.39 is 11.4 Å². The Morgan fingerprint density at radius 3 is 2.87 bits per heavy atom. The van der Waals surface area contributed by atoms with Crippen molar-refractivity contribution >= 4 is 5.91 Å². The van der Waals surface area contributed by atoms with Gasteiger partial charge < -0.3 is 11.1 Å². The van der Waals surface area contributed by atoms with Crippen LogP contribution in [0.2, 0.25) is 0 Å². The molecule has 1 atom stereocenters. The molecule has 1 rings (SSSR count). The highest BCUT2D eigenvalue weighted by Crippen LogP contribution is 2.21. The summed E-state index contributed by atoms with van der Waals surface area (Å²) in [6.07, 6.45) is 7.01. The molecule has 1 aromatic heterocycles. The number of pyridine rings is 1. The smallest absolute Gasteiger partial charge is 0.244 e. The van der Waals surface area contributed by atoms with Crippen LogP contribution in [-0.4, -0.2) is 17.9 Å². The van der Waals surface area contributed by atoms with Gasteiger partial charge in [-0.05, 0) is 19.2 Å². The lowest BCUT2D eigenvalue weighted by atomic mass is 9.90. The van der Waals surface area contributed by atoms with Crippen LogP contribution < -0.4 is 11.1 Å². The summed E-state index contributed by atoms with van der Waals surface area (Å²) >= 11 is 0. The van der Waals surface area contributed by atoms with E-state index in [1.807, 2.05) is 0 Å². The van der Waals surface area contributed by atoms with Gasteiger partial charge in [0.05, 0.1) is 5.69 Å². The van der Waals surface area contributed by atoms with E-state index in [-0.39, 0.29) is 6.42 Å². The molecular formula is C11H13N3O. The molecule has 15 heavy (non-hydrogen) atoms. The second-order valence-corrected chi connectivity index (χ2v) is 3.12. The van der Waals surface area contributed by atoms with Crippen molar-refractivity contribution in [1.82, 2.24) is 10.3 Å². The van der Waals surface area contributed by atoms with Gasteiger partial charge in [0, 0.05) is 12.6 Å². The van der Waals surface area contributed by atoms with Crippen LogP contribution in [0.3, 0.4) is 0 Å². The number of aromatic nitrogens is 1. The highest BCUT2D eigenvalue weighted by atomic mass is 16.1. The Hall–Kier alpha value is -1.86. The third kappa shape index (κ3) is 1.97. The molecule has 1 aromatic rings. The van der Waals surface area contributed by atoms with Crippen molar-refractivity contribution in [1.29, 1.82) is 0 Å². The zero-order chi connectivity index (χ0) is 11.3. The van der Waals surface area contributed by atoms with E-state index in [1.165, 1.54) is 0 Å². The summed E-state index contributed by atoms with van der Waals surface area (Å²) in [5, 5.41) is 2.85. The van der Waals surface area contributed by atoms with Crippen LogP contribution in [-0.2, 0) is 10.3 Å². The predicted molar refractivity (Wildman–Crippen MR) is 57.6 cm³/mol. The molecule has 0 spiro atoms. The Labute approximate surface area is 88.9 Å². The van der Waals surface area contributed by atoms with Crippen molar-refractivity contribution in [3.8, 4) is 12.3 Å². The van der Waals surface area contributed by atoms with Gasteiger partial charge in [0.25, 0.3) is 0 Å². The number of hydrogen-bond acceptors (Lipinski definition) is 3. The topological polar surface area (TPSA) is 68.0 Å². The molecule has 4 nitrogen and oxygen atoms in total. The first-order valence-electron chi connectivity index (χ1n) is 4.51. The maximum absolute atomic E-state index is 11.5. The monoisotopic (exact) mass is 203 g/mol. The minimum atomic E-state index is -1.07. The fourth-order valence-electron chi connectivity index (χ4n) is 1.41. The molecule has 0 saturated carbocycles. The van der Waals surface area contributed by atoms with Crippen molar-refractivity contribution in [2.24, 2.45) is 5.73 Å². The largest absolute Gasteiger partial charge is 0.368 e. The number of amides is 1. The number of likely N-dealkylation sites (N-methyl/N-ethyl adjacent to an activating group) is 1. The first-order valence-corrected chi connectivity index (χ1v) is 4.51. The molecule has 0 aliphatic carbocycles. The number of hydrogen-bond donors (Lipinski definition) is 2. The molecule has 1 amide bonds. The number of nitrogens with zero attached hydrogens (tertiary/aromatic N) is 1. The van der Waals surface area contributed by atoms with Crippen LogP contribution in [0.25, 0.3) is 0 Å². The molecule has 0 aliphatic rings. The lowest BCUT2D eigenvalue weighted by Crippen LogP contribution is -2.51. The number of primary amides is 1. The molecule has 0 aliphatic heterocycles. The van der Waals surface area contributed by atoms with Crippen LogP contribution in [0.15, 0.2) is 24.4 Å². The summed E-state index contributed by atoms with van der Waals surface area (Å²) in [6, 6.07) is 5.27. The highest BCUT2D eigenvalue weighted by molar-refractivity contribution is 5.86. The molecule has 0 fully saturated rings. The van der Waals surface area contributed by atoms with Crippen molar-refractivity contribution in [3.63, 3.8) is 0 Å². The normalized spacial score (nSPS) is 13.9. The highest BCUT2D eigenvalue weighted by Gasteiger charge is 2.37. The number of terminal acetylenes is 1. The van der Waals surface area contributed by atoms with Crippen molar-refractivity contribution in [3.05, 3.63) is 30.1 Å². The van der Waals surface area contributed by atoms with Gasteiger partial charge in [0.15, 0.2) is 5.54 Å². The molecule has 1 heterocycles. The van der Waals surface area contributed by atoms with Gasteiger partial charge in [-0.15, -0.1) is 12.3 Å². The maximum Gasteiger partial charge on any atom is 0.244 e. The van der Waals surface area contributed by atoms with Crippen molar-refractivity contribution < 1.29 is 4.79 Å². The fraction of sp³-hybridized carbons (Fsp3) is 0.273. The molecular weight excluding hydrogens is 190 g/mol. The first kappa shape index (κ1) is 11.2. The second-order valence-electron chi connectivity index (χ2n) is 3.12. The number of nitrogens with one attached hydrogen (secondary N) is 1. The molecule has 3 N–H and O–H groups in total. The summed E-state index contributed by atoms with van der Waals surface area (Å²) in [5.74, 6) is 1.91. The molecule has 0 bridgehead atoms. The lowest BCUT2D eigenvalue weighted by molar-refractivity contribution is -0.124. The average molecular weight is 203 g/mol. The van der Waals surface area contributed by atoms with Gasteiger partial charge in [0.2, 0.25) is 5.91 Å². The quantitative estimate of drug-likeness (QED) is 0.677. The number of carbonyl (C=O) groups excluding carboxylic acids is 1. The van der Waals surface area contributed by atoms with Crippen molar-refractivity contribution in [2.45, 2.75) is 12.0 Å². The zero-order valence-electron chi connectivity index (χ0n) is 8.53. The third-order valence-corrected chi connectivity index (χ3v) is 2.32. The minimum absolute atomic E-state index is 0.176. The first-order chi connectivity index (χ1) is 7.17. The molecule has 0 radical (unpaired) electrons. The SMILES string of the molecule is C#CCC(NC)(C(N)=O)c1ccccn1. The summed E-state index contributed by atoms with van der Waals surface area (Å²) in [4.78, 5) is 15.6. The van der Waals surface area contributed by atoms with E-state index in [0.29, 0.717) is 5.69 Å². The van der Waals surface area contributed by atoms with E-state index in [0.717, 1.165) is 0 Å². The molecule has 78 valence electrons. The van der Waals surface area contributed by atoms with E-state index in [9.17, 15) is 4.79 Å². The molecule has 4 heteroatoms. The number of rotatable bonds is 4. The summed E-state index contributed by atoms with van der Waals surface area (Å²) in [7, 11) is 1.64. The van der Waals surface area contributed by atoms with Crippen LogP contribution in [0.5, 0.6) is 0 Å². The van der Waals surface area contributed by atoms with Gasteiger partial charge >= 0.3 is 0 Å². The Kier molecular flexibility index (Phi) is 3.42. The zero-order valence-corrected chi connectivity index (χ0v) is 8.53. The van der Waals surface area contributed by atoms with Gasteiger partial charge in [-0.3, -0.25) is 9.78 Å². The summed E-state index contributed by atoms with van der Waals surface area (Å²) < 4.78 is 0. The van der Waals surface area contributed by atoms with E-state index in [2.05, 4.69) is 16.2 Å². The van der Waals surface area contributed by atoms with Crippen molar-refractivity contribution in [2.75, 3.05) is 7.05 Å². The van der Waals surface area contributed by atoms with E-state index in [1.54, 1.807) is 31.4 Å². The Morgan fingerprint density at radius 2 is 2.47 bits per heavy atom. The van der Waals surface area contributed by atoms with Crippen LogP contribution in [0.4, 0.5) is 0 Å². The number of carbonyl (C=O) groups is 1. The van der Waals surface area contributed by atoms with Crippen LogP contribution >= 0.6 is 0 Å². The summed E-state index contributed by atoms with van der Waals surface area (Å²) in [5.41, 5.74) is 4.83. The standard InChI is InChI=1S/C11H13N3O/c1-3-7-11(13-2,10(12)15)9-6-4-5-8-14-9/h1,4-6,8,13H,7H2,2H3,(H2,12,15). The molecule has 1 unspecified atom stereocenters. The Bertz CT molecular complexity index is 383. The van der Waals surface area contributed by atoms with Gasteiger partial charge in [-0.25, -0.2) is 0 Å². The predicted octanol–water partition coefficient (Wildman–Crippen LogP) is 0.00490. The number of nitrogens with two attached hydrogens (primary N) is 1. The fourth-order valence-corrected chi connectivity index (χ4v) is 1.41.